The van der Waals surface area contributed by atoms with E-state index in [1.54, 1.807) is 22.5 Å². The molecule has 0 atom stereocenters. The van der Waals surface area contributed by atoms with Gasteiger partial charge in [-0.15, -0.1) is 5.10 Å². The predicted molar refractivity (Wildman–Crippen MR) is 83.7 cm³/mol. The van der Waals surface area contributed by atoms with Gasteiger partial charge in [-0.25, -0.2) is 4.98 Å². The number of thioether (sulfide) groups is 1. The summed E-state index contributed by atoms with van der Waals surface area (Å²) in [5, 5.41) is 16.2. The molecule has 0 spiro atoms. The lowest BCUT2D eigenvalue weighted by atomic mass is 10.1. The van der Waals surface area contributed by atoms with Crippen LogP contribution in [-0.2, 0) is 6.54 Å². The van der Waals surface area contributed by atoms with Crippen LogP contribution in [0.1, 0.15) is 0 Å². The maximum absolute atomic E-state index is 6.29. The minimum atomic E-state index is 0.209. The van der Waals surface area contributed by atoms with Gasteiger partial charge in [0.15, 0.2) is 16.7 Å². The number of aromatic amines is 1. The van der Waals surface area contributed by atoms with Crippen molar-refractivity contribution in [3.63, 3.8) is 0 Å². The Morgan fingerprint density at radius 3 is 3.00 bits per heavy atom. The first kappa shape index (κ1) is 14.3. The third-order valence-electron chi connectivity index (χ3n) is 3.23. The van der Waals surface area contributed by atoms with Crippen molar-refractivity contribution in [3.8, 4) is 22.8 Å². The summed E-state index contributed by atoms with van der Waals surface area (Å²) in [4.78, 5) is 4.05. The van der Waals surface area contributed by atoms with Crippen molar-refractivity contribution in [2.75, 3.05) is 12.5 Å². The fourth-order valence-electron chi connectivity index (χ4n) is 2.14. The Morgan fingerprint density at radius 2 is 2.17 bits per heavy atom. The minimum Gasteiger partial charge on any atom is -0.454 e. The van der Waals surface area contributed by atoms with Gasteiger partial charge in [-0.3, -0.25) is 9.78 Å². The van der Waals surface area contributed by atoms with Crippen molar-refractivity contribution in [1.29, 1.82) is 0 Å². The second-order valence-corrected chi connectivity index (χ2v) is 6.18. The van der Waals surface area contributed by atoms with Gasteiger partial charge in [0, 0.05) is 17.4 Å². The maximum Gasteiger partial charge on any atom is 0.231 e. The summed E-state index contributed by atoms with van der Waals surface area (Å²) in [5.41, 5.74) is 1.46. The van der Waals surface area contributed by atoms with Crippen LogP contribution in [-0.4, -0.2) is 42.7 Å². The van der Waals surface area contributed by atoms with E-state index in [0.29, 0.717) is 28.8 Å². The molecule has 0 fully saturated rings. The third-order valence-corrected chi connectivity index (χ3v) is 4.40. The fourth-order valence-corrected chi connectivity index (χ4v) is 3.11. The highest BCUT2D eigenvalue weighted by Crippen LogP contribution is 2.40. The Morgan fingerprint density at radius 1 is 1.30 bits per heavy atom. The summed E-state index contributed by atoms with van der Waals surface area (Å²) in [6.07, 6.45) is 3.34. The average Bonchev–Trinajstić information content (AvgIpc) is 3.27. The van der Waals surface area contributed by atoms with Crippen molar-refractivity contribution < 1.29 is 9.47 Å². The van der Waals surface area contributed by atoms with Crippen LogP contribution in [0.4, 0.5) is 0 Å². The van der Waals surface area contributed by atoms with E-state index >= 15 is 0 Å². The Labute approximate surface area is 140 Å². The van der Waals surface area contributed by atoms with Gasteiger partial charge in [-0.05, 0) is 6.07 Å². The second-order valence-electron chi connectivity index (χ2n) is 4.69. The molecule has 1 N–H and O–H groups in total. The summed E-state index contributed by atoms with van der Waals surface area (Å²) in [6, 6.07) is 3.56. The van der Waals surface area contributed by atoms with Gasteiger partial charge in [0.1, 0.15) is 12.0 Å². The van der Waals surface area contributed by atoms with Crippen LogP contribution in [0.3, 0.4) is 0 Å². The van der Waals surface area contributed by atoms with E-state index in [1.807, 2.05) is 12.3 Å². The van der Waals surface area contributed by atoms with E-state index < -0.39 is 0 Å². The summed E-state index contributed by atoms with van der Waals surface area (Å²) in [5.74, 6) is 2.11. The summed E-state index contributed by atoms with van der Waals surface area (Å²) in [6.45, 7) is 0.904. The fraction of sp³-hybridized carbons (Fsp3) is 0.231. The van der Waals surface area contributed by atoms with E-state index in [2.05, 4.69) is 25.5 Å². The molecule has 8 nitrogen and oxygen atoms in total. The number of halogens is 1. The molecule has 4 rings (SSSR count). The summed E-state index contributed by atoms with van der Waals surface area (Å²) >= 11 is 7.85. The lowest BCUT2D eigenvalue weighted by Gasteiger charge is -2.02. The molecule has 3 aromatic rings. The molecule has 0 saturated heterocycles. The van der Waals surface area contributed by atoms with Crippen molar-refractivity contribution in [1.82, 2.24) is 30.2 Å². The van der Waals surface area contributed by atoms with E-state index in [-0.39, 0.29) is 6.79 Å². The number of benzene rings is 1. The first-order valence-electron chi connectivity index (χ1n) is 6.77. The zero-order valence-corrected chi connectivity index (χ0v) is 13.3. The van der Waals surface area contributed by atoms with Gasteiger partial charge in [0.2, 0.25) is 6.79 Å². The Bertz CT molecular complexity index is 822. The van der Waals surface area contributed by atoms with E-state index in [9.17, 15) is 0 Å². The lowest BCUT2D eigenvalue weighted by molar-refractivity contribution is 0.174. The van der Waals surface area contributed by atoms with Gasteiger partial charge in [-0.2, -0.15) is 5.10 Å². The molecule has 23 heavy (non-hydrogen) atoms. The first-order valence-corrected chi connectivity index (χ1v) is 8.14. The van der Waals surface area contributed by atoms with Crippen LogP contribution < -0.4 is 9.47 Å². The summed E-state index contributed by atoms with van der Waals surface area (Å²) < 4.78 is 12.4. The summed E-state index contributed by atoms with van der Waals surface area (Å²) in [7, 11) is 0. The zero-order valence-electron chi connectivity index (χ0n) is 11.8. The number of hydrogen-bond donors (Lipinski definition) is 1. The normalized spacial score (nSPS) is 12.7. The van der Waals surface area contributed by atoms with E-state index in [1.165, 1.54) is 6.33 Å². The molecule has 0 saturated carbocycles. The zero-order chi connectivity index (χ0) is 15.6. The number of H-pyrrole nitrogens is 1. The number of rotatable bonds is 5. The number of nitrogens with one attached hydrogen (secondary N) is 1. The van der Waals surface area contributed by atoms with Crippen LogP contribution in [0.5, 0.6) is 11.5 Å². The second kappa shape index (κ2) is 6.09. The van der Waals surface area contributed by atoms with Gasteiger partial charge < -0.3 is 9.47 Å². The van der Waals surface area contributed by atoms with Crippen LogP contribution >= 0.6 is 23.4 Å². The molecule has 0 aliphatic carbocycles. The molecule has 2 aromatic heterocycles. The minimum absolute atomic E-state index is 0.209. The molecular weight excluding hydrogens is 340 g/mol. The number of hydrogen-bond acceptors (Lipinski definition) is 7. The van der Waals surface area contributed by atoms with Crippen LogP contribution in [0, 0.1) is 0 Å². The topological polar surface area (TPSA) is 90.7 Å². The average molecular weight is 351 g/mol. The van der Waals surface area contributed by atoms with E-state index in [4.69, 9.17) is 21.1 Å². The smallest absolute Gasteiger partial charge is 0.231 e. The molecule has 0 amide bonds. The molecule has 0 unspecified atom stereocenters. The molecule has 1 aliphatic heterocycles. The third kappa shape index (κ3) is 2.97. The van der Waals surface area contributed by atoms with Gasteiger partial charge in [-0.1, -0.05) is 28.6 Å². The highest BCUT2D eigenvalue weighted by atomic mass is 35.5. The van der Waals surface area contributed by atoms with E-state index in [0.717, 1.165) is 16.5 Å². The van der Waals surface area contributed by atoms with Crippen molar-refractivity contribution >= 4 is 23.4 Å². The van der Waals surface area contributed by atoms with Gasteiger partial charge >= 0.3 is 0 Å². The number of nitrogens with zero attached hydrogens (tertiary/aromatic N) is 5. The van der Waals surface area contributed by atoms with Crippen LogP contribution in [0.15, 0.2) is 29.8 Å². The first-order chi connectivity index (χ1) is 11.3. The number of aromatic nitrogens is 6. The van der Waals surface area contributed by atoms with Crippen LogP contribution in [0.25, 0.3) is 11.3 Å². The van der Waals surface area contributed by atoms with Crippen LogP contribution in [0.2, 0.25) is 5.02 Å². The van der Waals surface area contributed by atoms with Crippen molar-refractivity contribution in [3.05, 3.63) is 29.7 Å². The molecule has 3 heterocycles. The predicted octanol–water partition coefficient (Wildman–Crippen LogP) is 2.24. The van der Waals surface area contributed by atoms with Crippen molar-refractivity contribution in [2.24, 2.45) is 0 Å². The number of fused-ring (bicyclic) bond motifs is 1. The molecule has 1 aliphatic rings. The Kier molecular flexibility index (Phi) is 3.80. The number of aryl methyl sites for hydroxylation is 1. The van der Waals surface area contributed by atoms with Gasteiger partial charge in [0.05, 0.1) is 17.8 Å². The Balaban J connectivity index is 1.47. The maximum atomic E-state index is 6.29. The standard InChI is InChI=1S/C13H11ClN6O2S/c14-9-4-12-11(21-7-22-12)3-8(9)10-5-20(19-17-10)1-2-23-13-15-6-16-18-13/h3-6H,1-2,7H2,(H,15,16,18). The lowest BCUT2D eigenvalue weighted by Crippen LogP contribution is -2.01. The quantitative estimate of drug-likeness (QED) is 0.705. The molecule has 1 aromatic carbocycles. The molecular formula is C13H11ClN6O2S. The molecule has 0 radical (unpaired) electrons. The SMILES string of the molecule is Clc1cc2c(cc1-c1cn(CCSc3ncn[nH]3)nn1)OCO2. The van der Waals surface area contributed by atoms with Gasteiger partial charge in [0.25, 0.3) is 0 Å². The molecule has 10 heteroatoms. The highest BCUT2D eigenvalue weighted by molar-refractivity contribution is 7.99. The van der Waals surface area contributed by atoms with Crippen molar-refractivity contribution in [2.45, 2.75) is 11.7 Å². The highest BCUT2D eigenvalue weighted by Gasteiger charge is 2.18. The monoisotopic (exact) mass is 350 g/mol. The number of ether oxygens (including phenoxy) is 2. The largest absolute Gasteiger partial charge is 0.454 e. The Hall–Kier alpha value is -2.26. The molecule has 0 bridgehead atoms. The molecule has 118 valence electrons.